The molecule has 2 unspecified atom stereocenters. The van der Waals surface area contributed by atoms with E-state index in [1.54, 1.807) is 31.2 Å². The molecule has 4 rings (SSSR count). The zero-order valence-electron chi connectivity index (χ0n) is 14.7. The highest BCUT2D eigenvalue weighted by Gasteiger charge is 2.38. The lowest BCUT2D eigenvalue weighted by atomic mass is 10.1. The number of carbonyl (C=O) groups excluding carboxylic acids is 4. The van der Waals surface area contributed by atoms with Gasteiger partial charge in [-0.1, -0.05) is 11.6 Å². The topological polar surface area (TPSA) is 90.0 Å². The Hall–Kier alpha value is -3.19. The Morgan fingerprint density at radius 3 is 2.39 bits per heavy atom. The van der Waals surface area contributed by atoms with Gasteiger partial charge in [0, 0.05) is 11.4 Å². The van der Waals surface area contributed by atoms with E-state index in [1.807, 2.05) is 0 Å². The second-order valence-electron chi connectivity index (χ2n) is 6.56. The van der Waals surface area contributed by atoms with Crippen LogP contribution in [-0.2, 0) is 14.3 Å². The van der Waals surface area contributed by atoms with Gasteiger partial charge in [0.05, 0.1) is 22.4 Å². The van der Waals surface area contributed by atoms with Gasteiger partial charge in [-0.15, -0.1) is 0 Å². The number of esters is 2. The lowest BCUT2D eigenvalue weighted by molar-refractivity contribution is -0.147. The summed E-state index contributed by atoms with van der Waals surface area (Å²) in [7, 11) is 0. The smallest absolute Gasteiger partial charge is 0.347 e. The van der Waals surface area contributed by atoms with Crippen molar-refractivity contribution in [3.63, 3.8) is 0 Å². The molecule has 0 saturated carbocycles. The summed E-state index contributed by atoms with van der Waals surface area (Å²) < 4.78 is 10.1. The normalized spacial score (nSPS) is 20.9. The molecule has 1 fully saturated rings. The van der Waals surface area contributed by atoms with Crippen molar-refractivity contribution in [3.05, 3.63) is 64.2 Å². The summed E-state index contributed by atoms with van der Waals surface area (Å²) in [6.07, 6.45) is -1.02. The molecule has 28 heavy (non-hydrogen) atoms. The Balaban J connectivity index is 1.59. The number of nitrogens with zero attached hydrogens (tertiary/aromatic N) is 1. The minimum Gasteiger partial charge on any atom is -0.460 e. The van der Waals surface area contributed by atoms with E-state index >= 15 is 0 Å². The Bertz CT molecular complexity index is 1020. The van der Waals surface area contributed by atoms with Crippen molar-refractivity contribution >= 4 is 41.0 Å². The van der Waals surface area contributed by atoms with E-state index in [0.29, 0.717) is 10.7 Å². The standard InChI is InChI=1S/C20H14ClNO6/c1-10-8-16(20(26)27-10)28-19(25)11-2-7-14-15(9-11)18(24)22(17(14)23)13-5-3-12(21)4-6-13/h2-7,9-10,16H,8H2,1H3. The molecular weight excluding hydrogens is 386 g/mol. The Morgan fingerprint density at radius 1 is 1.07 bits per heavy atom. The van der Waals surface area contributed by atoms with Gasteiger partial charge in [-0.3, -0.25) is 9.59 Å². The van der Waals surface area contributed by atoms with Gasteiger partial charge in [0.25, 0.3) is 11.8 Å². The molecule has 0 aromatic heterocycles. The molecule has 0 radical (unpaired) electrons. The molecule has 0 N–H and O–H groups in total. The largest absolute Gasteiger partial charge is 0.460 e. The number of benzene rings is 2. The maximum absolute atomic E-state index is 12.8. The maximum atomic E-state index is 12.8. The van der Waals surface area contributed by atoms with Crippen LogP contribution in [0.25, 0.3) is 0 Å². The van der Waals surface area contributed by atoms with Crippen LogP contribution in [0, 0.1) is 0 Å². The zero-order valence-corrected chi connectivity index (χ0v) is 15.4. The van der Waals surface area contributed by atoms with E-state index in [4.69, 9.17) is 21.1 Å². The Kier molecular flexibility index (Phi) is 4.39. The van der Waals surface area contributed by atoms with Gasteiger partial charge in [-0.25, -0.2) is 14.5 Å². The van der Waals surface area contributed by atoms with Gasteiger partial charge < -0.3 is 9.47 Å². The fourth-order valence-corrected chi connectivity index (χ4v) is 3.33. The number of rotatable bonds is 3. The van der Waals surface area contributed by atoms with Crippen LogP contribution >= 0.6 is 11.6 Å². The molecule has 1 saturated heterocycles. The summed E-state index contributed by atoms with van der Waals surface area (Å²) in [5, 5.41) is 0.477. The second-order valence-corrected chi connectivity index (χ2v) is 7.00. The van der Waals surface area contributed by atoms with Crippen LogP contribution in [0.1, 0.15) is 44.4 Å². The highest BCUT2D eigenvalue weighted by molar-refractivity contribution is 6.35. The van der Waals surface area contributed by atoms with E-state index < -0.39 is 29.9 Å². The molecule has 2 heterocycles. The van der Waals surface area contributed by atoms with Crippen LogP contribution in [0.15, 0.2) is 42.5 Å². The summed E-state index contributed by atoms with van der Waals surface area (Å²) in [4.78, 5) is 50.4. The Morgan fingerprint density at radius 2 is 1.75 bits per heavy atom. The van der Waals surface area contributed by atoms with Gasteiger partial charge in [-0.2, -0.15) is 0 Å². The highest BCUT2D eigenvalue weighted by atomic mass is 35.5. The number of fused-ring (bicyclic) bond motifs is 1. The number of amides is 2. The SMILES string of the molecule is CC1CC(OC(=O)c2ccc3c(c2)C(=O)N(c2ccc(Cl)cc2)C3=O)C(=O)O1. The number of halogens is 1. The minimum atomic E-state index is -0.973. The summed E-state index contributed by atoms with van der Waals surface area (Å²) in [6.45, 7) is 1.71. The molecule has 2 amide bonds. The lowest BCUT2D eigenvalue weighted by Crippen LogP contribution is -2.29. The first kappa shape index (κ1) is 18.2. The van der Waals surface area contributed by atoms with E-state index in [9.17, 15) is 19.2 Å². The third kappa shape index (κ3) is 3.03. The van der Waals surface area contributed by atoms with Crippen molar-refractivity contribution in [2.24, 2.45) is 0 Å². The van der Waals surface area contributed by atoms with Crippen LogP contribution in [-0.4, -0.2) is 36.0 Å². The van der Waals surface area contributed by atoms with Gasteiger partial charge in [0.15, 0.2) is 0 Å². The molecule has 0 spiro atoms. The predicted molar refractivity (Wildman–Crippen MR) is 98.4 cm³/mol. The third-order valence-corrected chi connectivity index (χ3v) is 4.83. The number of anilines is 1. The van der Waals surface area contributed by atoms with E-state index in [1.165, 1.54) is 18.2 Å². The third-order valence-electron chi connectivity index (χ3n) is 4.58. The maximum Gasteiger partial charge on any atom is 0.347 e. The van der Waals surface area contributed by atoms with E-state index in [0.717, 1.165) is 4.90 Å². The lowest BCUT2D eigenvalue weighted by Gasteiger charge is -2.13. The molecular formula is C20H14ClNO6. The van der Waals surface area contributed by atoms with Gasteiger partial charge in [-0.05, 0) is 49.4 Å². The van der Waals surface area contributed by atoms with Crippen molar-refractivity contribution in [2.75, 3.05) is 4.90 Å². The van der Waals surface area contributed by atoms with Crippen molar-refractivity contribution in [1.29, 1.82) is 0 Å². The van der Waals surface area contributed by atoms with Crippen LogP contribution in [0.5, 0.6) is 0 Å². The molecule has 142 valence electrons. The van der Waals surface area contributed by atoms with Gasteiger partial charge in [0.1, 0.15) is 6.10 Å². The second kappa shape index (κ2) is 6.76. The van der Waals surface area contributed by atoms with Crippen LogP contribution in [0.4, 0.5) is 5.69 Å². The number of carbonyl (C=O) groups is 4. The molecule has 8 heteroatoms. The highest BCUT2D eigenvalue weighted by Crippen LogP contribution is 2.30. The fraction of sp³-hybridized carbons (Fsp3) is 0.200. The molecule has 2 aromatic carbocycles. The average Bonchev–Trinajstić information content (AvgIpc) is 3.11. The number of cyclic esters (lactones) is 1. The molecule has 2 aliphatic rings. The summed E-state index contributed by atoms with van der Waals surface area (Å²) >= 11 is 5.85. The molecule has 2 aliphatic heterocycles. The molecule has 0 bridgehead atoms. The van der Waals surface area contributed by atoms with Gasteiger partial charge >= 0.3 is 11.9 Å². The van der Waals surface area contributed by atoms with Crippen LogP contribution in [0.3, 0.4) is 0 Å². The average molecular weight is 400 g/mol. The van der Waals surface area contributed by atoms with E-state index in [2.05, 4.69) is 0 Å². The number of hydrogen-bond donors (Lipinski definition) is 0. The summed E-state index contributed by atoms with van der Waals surface area (Å²) in [5.74, 6) is -2.40. The summed E-state index contributed by atoms with van der Waals surface area (Å²) in [6, 6.07) is 10.4. The van der Waals surface area contributed by atoms with Gasteiger partial charge in [0.2, 0.25) is 6.10 Å². The monoisotopic (exact) mass is 399 g/mol. The summed E-state index contributed by atoms with van der Waals surface area (Å²) in [5.41, 5.74) is 0.731. The molecule has 7 nitrogen and oxygen atoms in total. The van der Waals surface area contributed by atoms with Crippen LogP contribution < -0.4 is 4.90 Å². The van der Waals surface area contributed by atoms with Crippen molar-refractivity contribution in [2.45, 2.75) is 25.6 Å². The minimum absolute atomic E-state index is 0.0743. The molecule has 2 atom stereocenters. The molecule has 2 aromatic rings. The number of imide groups is 1. The Labute approximate surface area is 164 Å². The number of ether oxygens (including phenoxy) is 2. The van der Waals surface area contributed by atoms with E-state index in [-0.39, 0.29) is 29.2 Å². The molecule has 0 aliphatic carbocycles. The first-order valence-electron chi connectivity index (χ1n) is 8.55. The number of hydrogen-bond acceptors (Lipinski definition) is 6. The quantitative estimate of drug-likeness (QED) is 0.582. The predicted octanol–water partition coefficient (Wildman–Crippen LogP) is 3.00. The first-order valence-corrected chi connectivity index (χ1v) is 8.93. The van der Waals surface area contributed by atoms with Crippen molar-refractivity contribution < 1.29 is 28.7 Å². The first-order chi connectivity index (χ1) is 13.3. The zero-order chi connectivity index (χ0) is 20.0. The van der Waals surface area contributed by atoms with Crippen molar-refractivity contribution in [1.82, 2.24) is 0 Å². The van der Waals surface area contributed by atoms with Crippen molar-refractivity contribution in [3.8, 4) is 0 Å². The van der Waals surface area contributed by atoms with Crippen LogP contribution in [0.2, 0.25) is 5.02 Å². The fourth-order valence-electron chi connectivity index (χ4n) is 3.21.